The van der Waals surface area contributed by atoms with Crippen LogP contribution >= 0.6 is 0 Å². The molecule has 0 saturated carbocycles. The lowest BCUT2D eigenvalue weighted by Gasteiger charge is -2.21. The Morgan fingerprint density at radius 3 is 2.29 bits per heavy atom. The number of hydrogen-bond acceptors (Lipinski definition) is 3. The van der Waals surface area contributed by atoms with Gasteiger partial charge in [0.05, 0.1) is 12.0 Å². The number of carbonyl (C=O) groups is 1. The van der Waals surface area contributed by atoms with E-state index < -0.39 is 11.4 Å². The Kier molecular flexibility index (Phi) is 6.52. The Morgan fingerprint density at radius 2 is 1.76 bits per heavy atom. The van der Waals surface area contributed by atoms with Crippen LogP contribution < -0.4 is 0 Å². The molecular weight excluding hydrogens is 220 g/mol. The lowest BCUT2D eigenvalue weighted by atomic mass is 9.82. The third-order valence-electron chi connectivity index (χ3n) is 3.62. The summed E-state index contributed by atoms with van der Waals surface area (Å²) in [6.45, 7) is 1.25. The van der Waals surface area contributed by atoms with Crippen molar-refractivity contribution in [1.82, 2.24) is 0 Å². The molecule has 0 amide bonds. The van der Waals surface area contributed by atoms with Gasteiger partial charge in [0.25, 0.3) is 0 Å². The molecule has 2 N–H and O–H groups in total. The van der Waals surface area contributed by atoms with Gasteiger partial charge in [-0.25, -0.2) is 0 Å². The Hall–Kier alpha value is -0.610. The Balaban J connectivity index is 2.10. The predicted octanol–water partition coefficient (Wildman–Crippen LogP) is 2.20. The Morgan fingerprint density at radius 1 is 1.12 bits per heavy atom. The van der Waals surface area contributed by atoms with E-state index in [1.807, 2.05) is 0 Å². The standard InChI is InChI=1S/C13H24O4/c14-9-6-4-2-1-3-5-7-13(12(15)16)8-10-17-11-13/h14H,1-11H2,(H,15,16). The molecule has 0 aliphatic carbocycles. The van der Waals surface area contributed by atoms with Crippen molar-refractivity contribution in [2.75, 3.05) is 19.8 Å². The Bertz CT molecular complexity index is 221. The van der Waals surface area contributed by atoms with E-state index in [0.29, 0.717) is 19.6 Å². The summed E-state index contributed by atoms with van der Waals surface area (Å²) in [4.78, 5) is 11.2. The smallest absolute Gasteiger partial charge is 0.312 e. The number of rotatable bonds is 9. The summed E-state index contributed by atoms with van der Waals surface area (Å²) in [6.07, 6.45) is 7.68. The number of unbranched alkanes of at least 4 members (excludes halogenated alkanes) is 5. The van der Waals surface area contributed by atoms with Crippen molar-refractivity contribution in [2.45, 2.75) is 51.4 Å². The van der Waals surface area contributed by atoms with Crippen LogP contribution in [-0.4, -0.2) is 36.0 Å². The highest BCUT2D eigenvalue weighted by molar-refractivity contribution is 5.75. The Labute approximate surface area is 103 Å². The van der Waals surface area contributed by atoms with E-state index in [1.165, 1.54) is 0 Å². The van der Waals surface area contributed by atoms with Crippen LogP contribution in [0.25, 0.3) is 0 Å². The normalized spacial score (nSPS) is 24.1. The van der Waals surface area contributed by atoms with E-state index in [1.54, 1.807) is 0 Å². The molecule has 4 nitrogen and oxygen atoms in total. The molecule has 1 unspecified atom stereocenters. The average molecular weight is 244 g/mol. The summed E-state index contributed by atoms with van der Waals surface area (Å²) in [6, 6.07) is 0. The molecule has 1 fully saturated rings. The highest BCUT2D eigenvalue weighted by Gasteiger charge is 2.41. The van der Waals surface area contributed by atoms with Gasteiger partial charge in [0.15, 0.2) is 0 Å². The second-order valence-corrected chi connectivity index (χ2v) is 4.98. The van der Waals surface area contributed by atoms with Crippen molar-refractivity contribution in [3.05, 3.63) is 0 Å². The minimum atomic E-state index is -0.699. The molecule has 0 aromatic carbocycles. The molecule has 0 radical (unpaired) electrons. The zero-order chi connectivity index (χ0) is 12.6. The van der Waals surface area contributed by atoms with Gasteiger partial charge in [-0.15, -0.1) is 0 Å². The number of aliphatic carboxylic acids is 1. The number of carboxylic acid groups (broad SMARTS) is 1. The van der Waals surface area contributed by atoms with Crippen LogP contribution in [0.2, 0.25) is 0 Å². The van der Waals surface area contributed by atoms with E-state index in [4.69, 9.17) is 9.84 Å². The van der Waals surface area contributed by atoms with Crippen LogP contribution in [0.4, 0.5) is 0 Å². The molecule has 1 aliphatic heterocycles. The van der Waals surface area contributed by atoms with E-state index in [2.05, 4.69) is 0 Å². The monoisotopic (exact) mass is 244 g/mol. The molecule has 1 aliphatic rings. The van der Waals surface area contributed by atoms with Crippen LogP contribution in [-0.2, 0) is 9.53 Å². The summed E-state index contributed by atoms with van der Waals surface area (Å²) >= 11 is 0. The molecule has 1 heterocycles. The van der Waals surface area contributed by atoms with Crippen LogP contribution in [0.5, 0.6) is 0 Å². The SMILES string of the molecule is O=C(O)C1(CCCCCCCCO)CCOC1. The molecule has 4 heteroatoms. The second kappa shape index (κ2) is 7.67. The largest absolute Gasteiger partial charge is 0.481 e. The summed E-state index contributed by atoms with van der Waals surface area (Å²) in [5.74, 6) is -0.699. The predicted molar refractivity (Wildman–Crippen MR) is 64.9 cm³/mol. The highest BCUT2D eigenvalue weighted by atomic mass is 16.5. The van der Waals surface area contributed by atoms with Gasteiger partial charge in [-0.05, 0) is 19.3 Å². The lowest BCUT2D eigenvalue weighted by molar-refractivity contribution is -0.149. The summed E-state index contributed by atoms with van der Waals surface area (Å²) in [5, 5.41) is 17.9. The fourth-order valence-corrected chi connectivity index (χ4v) is 2.36. The fraction of sp³-hybridized carbons (Fsp3) is 0.923. The molecule has 1 saturated heterocycles. The number of aliphatic hydroxyl groups is 1. The van der Waals surface area contributed by atoms with Crippen LogP contribution in [0, 0.1) is 5.41 Å². The average Bonchev–Trinajstić information content (AvgIpc) is 2.78. The summed E-state index contributed by atoms with van der Waals surface area (Å²) < 4.78 is 5.22. The van der Waals surface area contributed by atoms with Gasteiger partial charge in [0.2, 0.25) is 0 Å². The van der Waals surface area contributed by atoms with E-state index in [-0.39, 0.29) is 6.61 Å². The van der Waals surface area contributed by atoms with Crippen molar-refractivity contribution in [2.24, 2.45) is 5.41 Å². The minimum Gasteiger partial charge on any atom is -0.481 e. The van der Waals surface area contributed by atoms with Crippen LogP contribution in [0.15, 0.2) is 0 Å². The zero-order valence-electron chi connectivity index (χ0n) is 10.5. The van der Waals surface area contributed by atoms with Gasteiger partial charge in [0.1, 0.15) is 0 Å². The highest BCUT2D eigenvalue weighted by Crippen LogP contribution is 2.34. The third-order valence-corrected chi connectivity index (χ3v) is 3.62. The van der Waals surface area contributed by atoms with Gasteiger partial charge in [-0.3, -0.25) is 4.79 Å². The molecule has 0 aromatic rings. The number of aliphatic hydroxyl groups excluding tert-OH is 1. The van der Waals surface area contributed by atoms with Crippen molar-refractivity contribution < 1.29 is 19.7 Å². The molecule has 0 spiro atoms. The minimum absolute atomic E-state index is 0.277. The number of ether oxygens (including phenoxy) is 1. The first-order valence-electron chi connectivity index (χ1n) is 6.63. The maximum Gasteiger partial charge on any atom is 0.312 e. The number of hydrogen-bond donors (Lipinski definition) is 2. The van der Waals surface area contributed by atoms with Gasteiger partial charge >= 0.3 is 5.97 Å². The molecule has 100 valence electrons. The van der Waals surface area contributed by atoms with Gasteiger partial charge < -0.3 is 14.9 Å². The first-order valence-corrected chi connectivity index (χ1v) is 6.63. The lowest BCUT2D eigenvalue weighted by Crippen LogP contribution is -2.31. The second-order valence-electron chi connectivity index (χ2n) is 4.98. The van der Waals surface area contributed by atoms with Gasteiger partial charge in [0, 0.05) is 13.2 Å². The van der Waals surface area contributed by atoms with Crippen LogP contribution in [0.1, 0.15) is 51.4 Å². The van der Waals surface area contributed by atoms with E-state index in [9.17, 15) is 9.90 Å². The molecule has 17 heavy (non-hydrogen) atoms. The first-order chi connectivity index (χ1) is 8.21. The number of carboxylic acids is 1. The van der Waals surface area contributed by atoms with Crippen molar-refractivity contribution >= 4 is 5.97 Å². The summed E-state index contributed by atoms with van der Waals surface area (Å²) in [5.41, 5.74) is -0.606. The fourth-order valence-electron chi connectivity index (χ4n) is 2.36. The zero-order valence-corrected chi connectivity index (χ0v) is 10.5. The quantitative estimate of drug-likeness (QED) is 0.610. The molecular formula is C13H24O4. The maximum absolute atomic E-state index is 11.2. The van der Waals surface area contributed by atoms with Gasteiger partial charge in [-0.2, -0.15) is 0 Å². The van der Waals surface area contributed by atoms with Crippen LogP contribution in [0.3, 0.4) is 0 Å². The topological polar surface area (TPSA) is 66.8 Å². The van der Waals surface area contributed by atoms with E-state index in [0.717, 1.165) is 44.9 Å². The van der Waals surface area contributed by atoms with Gasteiger partial charge in [-0.1, -0.05) is 32.1 Å². The molecule has 0 bridgehead atoms. The van der Waals surface area contributed by atoms with Crippen molar-refractivity contribution in [3.63, 3.8) is 0 Å². The summed E-state index contributed by atoms with van der Waals surface area (Å²) in [7, 11) is 0. The maximum atomic E-state index is 11.2. The van der Waals surface area contributed by atoms with Crippen molar-refractivity contribution in [3.8, 4) is 0 Å². The van der Waals surface area contributed by atoms with Crippen molar-refractivity contribution in [1.29, 1.82) is 0 Å². The molecule has 0 aromatic heterocycles. The van der Waals surface area contributed by atoms with E-state index >= 15 is 0 Å². The molecule has 1 atom stereocenters. The third kappa shape index (κ3) is 4.64. The first kappa shape index (κ1) is 14.5. The molecule has 1 rings (SSSR count).